The molecule has 0 amide bonds. The van der Waals surface area contributed by atoms with Gasteiger partial charge in [-0.05, 0) is 49.4 Å². The Morgan fingerprint density at radius 1 is 1.05 bits per heavy atom. The predicted octanol–water partition coefficient (Wildman–Crippen LogP) is 3.86. The van der Waals surface area contributed by atoms with Crippen LogP contribution >= 0.6 is 0 Å². The van der Waals surface area contributed by atoms with Gasteiger partial charge in [-0.3, -0.25) is 4.21 Å². The van der Waals surface area contributed by atoms with Crippen LogP contribution in [0, 0.1) is 17.3 Å². The molecule has 2 saturated carbocycles. The molecule has 20 heavy (non-hydrogen) atoms. The molecule has 0 aromatic heterocycles. The van der Waals surface area contributed by atoms with E-state index >= 15 is 0 Å². The maximum absolute atomic E-state index is 13.0. The maximum atomic E-state index is 13.0. The van der Waals surface area contributed by atoms with Crippen molar-refractivity contribution in [3.05, 3.63) is 0 Å². The molecule has 2 aliphatic carbocycles. The van der Waals surface area contributed by atoms with E-state index in [4.69, 9.17) is 5.73 Å². The van der Waals surface area contributed by atoms with E-state index in [-0.39, 0.29) is 11.3 Å². The lowest BCUT2D eigenvalue weighted by Crippen LogP contribution is -2.48. The first-order valence-electron chi connectivity index (χ1n) is 8.44. The normalized spacial score (nSPS) is 41.4. The average Bonchev–Trinajstić information content (AvgIpc) is 2.37. The molecule has 6 atom stereocenters. The SMILES string of the molecule is CC1CCCC(S(=O)C2CC(C(C)(C)C)CCC2N)C1. The largest absolute Gasteiger partial charge is 0.327 e. The second-order valence-corrected chi connectivity index (χ2v) is 10.2. The quantitative estimate of drug-likeness (QED) is 0.841. The monoisotopic (exact) mass is 299 g/mol. The van der Waals surface area contributed by atoms with Gasteiger partial charge in [0.15, 0.2) is 0 Å². The lowest BCUT2D eigenvalue weighted by molar-refractivity contribution is 0.172. The smallest absolute Gasteiger partial charge is 0.0504 e. The lowest BCUT2D eigenvalue weighted by atomic mass is 9.71. The summed E-state index contributed by atoms with van der Waals surface area (Å²) < 4.78 is 13.0. The van der Waals surface area contributed by atoms with Crippen molar-refractivity contribution in [2.45, 2.75) is 89.2 Å². The van der Waals surface area contributed by atoms with Gasteiger partial charge in [-0.15, -0.1) is 0 Å². The Bertz CT molecular complexity index is 349. The van der Waals surface area contributed by atoms with Crippen molar-refractivity contribution in [2.75, 3.05) is 0 Å². The van der Waals surface area contributed by atoms with Gasteiger partial charge in [0.25, 0.3) is 0 Å². The highest BCUT2D eigenvalue weighted by atomic mass is 32.2. The van der Waals surface area contributed by atoms with Crippen molar-refractivity contribution in [1.29, 1.82) is 0 Å². The minimum atomic E-state index is -0.724. The molecular formula is C17H33NOS. The summed E-state index contributed by atoms with van der Waals surface area (Å²) in [6.45, 7) is 9.26. The third kappa shape index (κ3) is 3.85. The highest BCUT2D eigenvalue weighted by Gasteiger charge is 2.39. The third-order valence-corrected chi connectivity index (χ3v) is 7.81. The van der Waals surface area contributed by atoms with E-state index in [2.05, 4.69) is 27.7 Å². The third-order valence-electron chi connectivity index (χ3n) is 5.58. The molecule has 0 aliphatic heterocycles. The summed E-state index contributed by atoms with van der Waals surface area (Å²) >= 11 is 0. The Hall–Kier alpha value is 0.110. The molecule has 2 fully saturated rings. The summed E-state index contributed by atoms with van der Waals surface area (Å²) in [6, 6.07) is 0.159. The van der Waals surface area contributed by atoms with Gasteiger partial charge in [0.1, 0.15) is 0 Å². The minimum Gasteiger partial charge on any atom is -0.327 e. The zero-order valence-corrected chi connectivity index (χ0v) is 14.5. The number of nitrogens with two attached hydrogens (primary N) is 1. The summed E-state index contributed by atoms with van der Waals surface area (Å²) in [5, 5.41) is 0.650. The summed E-state index contributed by atoms with van der Waals surface area (Å²) in [4.78, 5) is 0. The van der Waals surface area contributed by atoms with Crippen LogP contribution in [0.15, 0.2) is 0 Å². The number of hydrogen-bond donors (Lipinski definition) is 1. The molecule has 118 valence electrons. The van der Waals surface area contributed by atoms with Crippen molar-refractivity contribution in [1.82, 2.24) is 0 Å². The van der Waals surface area contributed by atoms with Gasteiger partial charge < -0.3 is 5.73 Å². The Morgan fingerprint density at radius 3 is 2.35 bits per heavy atom. The summed E-state index contributed by atoms with van der Waals surface area (Å²) in [5.41, 5.74) is 6.66. The fraction of sp³-hybridized carbons (Fsp3) is 1.00. The van der Waals surface area contributed by atoms with E-state index < -0.39 is 10.8 Å². The maximum Gasteiger partial charge on any atom is 0.0504 e. The molecule has 2 rings (SSSR count). The molecule has 6 unspecified atom stereocenters. The van der Waals surface area contributed by atoms with Crippen molar-refractivity contribution >= 4 is 10.8 Å². The molecule has 3 heteroatoms. The van der Waals surface area contributed by atoms with Crippen molar-refractivity contribution in [3.8, 4) is 0 Å². The second-order valence-electron chi connectivity index (χ2n) is 8.30. The van der Waals surface area contributed by atoms with Crippen LogP contribution in [-0.4, -0.2) is 20.8 Å². The van der Waals surface area contributed by atoms with Crippen LogP contribution in [0.3, 0.4) is 0 Å². The Balaban J connectivity index is 2.03. The van der Waals surface area contributed by atoms with Gasteiger partial charge in [-0.1, -0.05) is 40.5 Å². The van der Waals surface area contributed by atoms with E-state index in [1.165, 1.54) is 19.3 Å². The van der Waals surface area contributed by atoms with Crippen LogP contribution in [0.4, 0.5) is 0 Å². The van der Waals surface area contributed by atoms with E-state index in [0.717, 1.165) is 31.6 Å². The average molecular weight is 300 g/mol. The molecule has 2 nitrogen and oxygen atoms in total. The second kappa shape index (κ2) is 6.48. The van der Waals surface area contributed by atoms with Gasteiger partial charge in [0.2, 0.25) is 0 Å². The predicted molar refractivity (Wildman–Crippen MR) is 88.1 cm³/mol. The van der Waals surface area contributed by atoms with Crippen molar-refractivity contribution in [3.63, 3.8) is 0 Å². The number of rotatable bonds is 2. The molecule has 0 bridgehead atoms. The topological polar surface area (TPSA) is 43.1 Å². The van der Waals surface area contributed by atoms with Crippen LogP contribution in [-0.2, 0) is 10.8 Å². The Kier molecular flexibility index (Phi) is 5.34. The molecule has 0 aromatic carbocycles. The zero-order valence-electron chi connectivity index (χ0n) is 13.7. The highest BCUT2D eigenvalue weighted by Crippen LogP contribution is 2.40. The van der Waals surface area contributed by atoms with Gasteiger partial charge in [-0.2, -0.15) is 0 Å². The summed E-state index contributed by atoms with van der Waals surface area (Å²) in [7, 11) is -0.724. The van der Waals surface area contributed by atoms with E-state index in [9.17, 15) is 4.21 Å². The molecule has 0 radical (unpaired) electrons. The van der Waals surface area contributed by atoms with Crippen molar-refractivity contribution < 1.29 is 4.21 Å². The van der Waals surface area contributed by atoms with E-state index in [1.54, 1.807) is 0 Å². The van der Waals surface area contributed by atoms with E-state index in [0.29, 0.717) is 16.6 Å². The standard InChI is InChI=1S/C17H33NOS/c1-12-6-5-7-14(10-12)20(19)16-11-13(17(2,3)4)8-9-15(16)18/h12-16H,5-11,18H2,1-4H3. The summed E-state index contributed by atoms with van der Waals surface area (Å²) in [6.07, 6.45) is 8.20. The molecule has 0 aromatic rings. The fourth-order valence-corrected chi connectivity index (χ4v) is 6.36. The van der Waals surface area contributed by atoms with E-state index in [1.807, 2.05) is 0 Å². The van der Waals surface area contributed by atoms with Crippen LogP contribution in [0.1, 0.15) is 72.6 Å². The first-order valence-corrected chi connectivity index (χ1v) is 9.71. The Morgan fingerprint density at radius 2 is 1.75 bits per heavy atom. The van der Waals surface area contributed by atoms with Gasteiger partial charge in [0.05, 0.1) is 5.25 Å². The molecule has 2 aliphatic rings. The Labute approximate surface area is 127 Å². The van der Waals surface area contributed by atoms with Crippen LogP contribution in [0.2, 0.25) is 0 Å². The molecular weight excluding hydrogens is 266 g/mol. The first-order chi connectivity index (χ1) is 9.29. The van der Waals surface area contributed by atoms with Gasteiger partial charge in [-0.25, -0.2) is 0 Å². The minimum absolute atomic E-state index is 0.159. The zero-order chi connectivity index (χ0) is 14.9. The van der Waals surface area contributed by atoms with Crippen molar-refractivity contribution in [2.24, 2.45) is 23.0 Å². The summed E-state index contributed by atoms with van der Waals surface area (Å²) in [5.74, 6) is 1.42. The van der Waals surface area contributed by atoms with Crippen LogP contribution in [0.25, 0.3) is 0 Å². The highest BCUT2D eigenvalue weighted by molar-refractivity contribution is 7.86. The first kappa shape index (κ1) is 16.5. The molecule has 0 heterocycles. The van der Waals surface area contributed by atoms with Gasteiger partial charge >= 0.3 is 0 Å². The molecule has 2 N–H and O–H groups in total. The number of hydrogen-bond acceptors (Lipinski definition) is 2. The van der Waals surface area contributed by atoms with Crippen LogP contribution < -0.4 is 5.73 Å². The fourth-order valence-electron chi connectivity index (χ4n) is 4.04. The molecule has 0 saturated heterocycles. The van der Waals surface area contributed by atoms with Crippen LogP contribution in [0.5, 0.6) is 0 Å². The van der Waals surface area contributed by atoms with Gasteiger partial charge in [0, 0.05) is 22.1 Å². The lowest BCUT2D eigenvalue weighted by Gasteiger charge is -2.41. The molecule has 0 spiro atoms.